The molecule has 1 fully saturated rings. The van der Waals surface area contributed by atoms with Crippen molar-refractivity contribution in [2.45, 2.75) is 31.5 Å². The minimum absolute atomic E-state index is 0.0218. The van der Waals surface area contributed by atoms with E-state index in [9.17, 15) is 9.59 Å². The Bertz CT molecular complexity index is 1200. The number of aromatic nitrogens is 3. The SMILES string of the molecule is O=c1ccc2ncc(=O)n3c2n1CC3CN1CCC(NC/C=C/c2ccccc2)CC1. The van der Waals surface area contributed by atoms with Gasteiger partial charge in [0.25, 0.3) is 11.1 Å². The Morgan fingerprint density at radius 2 is 1.84 bits per heavy atom. The molecule has 2 aliphatic heterocycles. The van der Waals surface area contributed by atoms with Crippen LogP contribution in [-0.4, -0.2) is 51.2 Å². The molecule has 31 heavy (non-hydrogen) atoms. The maximum absolute atomic E-state index is 12.5. The number of nitrogens with zero attached hydrogens (tertiary/aromatic N) is 4. The Morgan fingerprint density at radius 3 is 2.65 bits per heavy atom. The fraction of sp³-hybridized carbons (Fsp3) is 0.375. The summed E-state index contributed by atoms with van der Waals surface area (Å²) in [6.07, 6.45) is 7.86. The second-order valence-corrected chi connectivity index (χ2v) is 8.41. The van der Waals surface area contributed by atoms with Gasteiger partial charge < -0.3 is 10.2 Å². The fourth-order valence-corrected chi connectivity index (χ4v) is 4.78. The highest BCUT2D eigenvalue weighted by Gasteiger charge is 2.29. The van der Waals surface area contributed by atoms with Crippen molar-refractivity contribution in [3.8, 4) is 0 Å². The van der Waals surface area contributed by atoms with Gasteiger partial charge in [0, 0.05) is 31.7 Å². The van der Waals surface area contributed by atoms with Crippen molar-refractivity contribution in [3.63, 3.8) is 0 Å². The van der Waals surface area contributed by atoms with Crippen LogP contribution >= 0.6 is 0 Å². The van der Waals surface area contributed by atoms with Crippen molar-refractivity contribution in [3.05, 3.63) is 81.0 Å². The lowest BCUT2D eigenvalue weighted by Gasteiger charge is -2.34. The predicted molar refractivity (Wildman–Crippen MR) is 122 cm³/mol. The molecule has 1 unspecified atom stereocenters. The summed E-state index contributed by atoms with van der Waals surface area (Å²) in [4.78, 5) is 31.4. The maximum atomic E-state index is 12.5. The van der Waals surface area contributed by atoms with E-state index in [1.54, 1.807) is 15.2 Å². The van der Waals surface area contributed by atoms with Crippen LogP contribution in [0, 0.1) is 0 Å². The molecule has 160 valence electrons. The van der Waals surface area contributed by atoms with Crippen LogP contribution in [0.5, 0.6) is 0 Å². The summed E-state index contributed by atoms with van der Waals surface area (Å²) < 4.78 is 3.46. The summed E-state index contributed by atoms with van der Waals surface area (Å²) >= 11 is 0. The van der Waals surface area contributed by atoms with E-state index in [-0.39, 0.29) is 17.2 Å². The van der Waals surface area contributed by atoms with Crippen LogP contribution in [0.15, 0.2) is 64.3 Å². The Morgan fingerprint density at radius 1 is 1.03 bits per heavy atom. The van der Waals surface area contributed by atoms with Gasteiger partial charge in [-0.05, 0) is 37.6 Å². The second kappa shape index (κ2) is 8.61. The molecule has 0 bridgehead atoms. The summed E-state index contributed by atoms with van der Waals surface area (Å²) in [5.74, 6) is 0. The molecule has 0 amide bonds. The molecule has 2 aromatic heterocycles. The standard InChI is InChI=1S/C24H27N5O2/c30-22-9-8-21-24-28(22)17-20(29(24)23(31)15-26-21)16-27-13-10-19(11-14-27)25-12-4-7-18-5-2-1-3-6-18/h1-9,15,19-20,25H,10-14,16-17H2/b7-4+. The second-order valence-electron chi connectivity index (χ2n) is 8.41. The number of piperidine rings is 1. The maximum Gasteiger partial charge on any atom is 0.270 e. The first-order chi connectivity index (χ1) is 15.2. The molecule has 7 heteroatoms. The number of hydrogen-bond acceptors (Lipinski definition) is 5. The first-order valence-electron chi connectivity index (χ1n) is 11.0. The van der Waals surface area contributed by atoms with E-state index in [1.165, 1.54) is 17.8 Å². The van der Waals surface area contributed by atoms with Crippen molar-refractivity contribution in [1.82, 2.24) is 24.3 Å². The van der Waals surface area contributed by atoms with E-state index in [4.69, 9.17) is 0 Å². The Labute approximate surface area is 180 Å². The van der Waals surface area contributed by atoms with Crippen LogP contribution in [0.4, 0.5) is 0 Å². The van der Waals surface area contributed by atoms with Crippen LogP contribution in [-0.2, 0) is 6.54 Å². The van der Waals surface area contributed by atoms with E-state index in [1.807, 2.05) is 18.2 Å². The van der Waals surface area contributed by atoms with Crippen LogP contribution in [0.1, 0.15) is 24.4 Å². The van der Waals surface area contributed by atoms with Crippen LogP contribution < -0.4 is 16.4 Å². The number of hydrogen-bond donors (Lipinski definition) is 1. The smallest absolute Gasteiger partial charge is 0.270 e. The van der Waals surface area contributed by atoms with Gasteiger partial charge in [0.1, 0.15) is 11.2 Å². The molecule has 5 rings (SSSR count). The molecule has 2 aliphatic rings. The van der Waals surface area contributed by atoms with Gasteiger partial charge in [0.15, 0.2) is 0 Å². The summed E-state index contributed by atoms with van der Waals surface area (Å²) in [7, 11) is 0. The molecule has 7 nitrogen and oxygen atoms in total. The van der Waals surface area contributed by atoms with Gasteiger partial charge in [0.05, 0.1) is 12.2 Å². The quantitative estimate of drug-likeness (QED) is 0.663. The van der Waals surface area contributed by atoms with E-state index in [2.05, 4.69) is 39.5 Å². The summed E-state index contributed by atoms with van der Waals surface area (Å²) in [5.41, 5.74) is 2.38. The first-order valence-corrected chi connectivity index (χ1v) is 11.0. The highest BCUT2D eigenvalue weighted by molar-refractivity contribution is 5.71. The molecular formula is C24H27N5O2. The summed E-state index contributed by atoms with van der Waals surface area (Å²) in [5, 5.41) is 3.63. The predicted octanol–water partition coefficient (Wildman–Crippen LogP) is 1.88. The van der Waals surface area contributed by atoms with Gasteiger partial charge in [-0.25, -0.2) is 4.98 Å². The van der Waals surface area contributed by atoms with E-state index in [0.29, 0.717) is 23.8 Å². The molecule has 1 atom stereocenters. The molecule has 3 aromatic rings. The van der Waals surface area contributed by atoms with Gasteiger partial charge in [-0.3, -0.25) is 18.7 Å². The van der Waals surface area contributed by atoms with Gasteiger partial charge in [0.2, 0.25) is 0 Å². The number of benzene rings is 1. The zero-order valence-corrected chi connectivity index (χ0v) is 17.5. The molecule has 0 radical (unpaired) electrons. The lowest BCUT2D eigenvalue weighted by molar-refractivity contribution is 0.173. The third-order valence-corrected chi connectivity index (χ3v) is 6.36. The summed E-state index contributed by atoms with van der Waals surface area (Å²) in [6, 6.07) is 14.1. The van der Waals surface area contributed by atoms with Crippen molar-refractivity contribution in [1.29, 1.82) is 0 Å². The lowest BCUT2D eigenvalue weighted by atomic mass is 10.0. The van der Waals surface area contributed by atoms with Crippen molar-refractivity contribution in [2.24, 2.45) is 0 Å². The summed E-state index contributed by atoms with van der Waals surface area (Å²) in [6.45, 7) is 4.17. The monoisotopic (exact) mass is 417 g/mol. The first kappa shape index (κ1) is 19.9. The zero-order chi connectivity index (χ0) is 21.2. The average molecular weight is 418 g/mol. The molecule has 1 N–H and O–H groups in total. The van der Waals surface area contributed by atoms with E-state index >= 15 is 0 Å². The molecular weight excluding hydrogens is 390 g/mol. The Balaban J connectivity index is 1.16. The number of rotatable bonds is 6. The van der Waals surface area contributed by atoms with Gasteiger partial charge in [-0.2, -0.15) is 0 Å². The van der Waals surface area contributed by atoms with Crippen molar-refractivity contribution < 1.29 is 0 Å². The molecule has 1 aromatic carbocycles. The minimum atomic E-state index is -0.129. The van der Waals surface area contributed by atoms with Gasteiger partial charge in [-0.15, -0.1) is 0 Å². The number of nitrogens with one attached hydrogen (secondary N) is 1. The van der Waals surface area contributed by atoms with E-state index in [0.717, 1.165) is 39.0 Å². The van der Waals surface area contributed by atoms with Crippen LogP contribution in [0.2, 0.25) is 0 Å². The largest absolute Gasteiger partial charge is 0.310 e. The van der Waals surface area contributed by atoms with Gasteiger partial charge in [-0.1, -0.05) is 42.5 Å². The molecule has 0 spiro atoms. The molecule has 1 saturated heterocycles. The average Bonchev–Trinajstić information content (AvgIpc) is 3.18. The van der Waals surface area contributed by atoms with Crippen LogP contribution in [0.3, 0.4) is 0 Å². The normalized spacial score (nSPS) is 19.5. The third-order valence-electron chi connectivity index (χ3n) is 6.36. The topological polar surface area (TPSA) is 72.2 Å². The fourth-order valence-electron chi connectivity index (χ4n) is 4.78. The number of likely N-dealkylation sites (tertiary alicyclic amines) is 1. The molecule has 0 saturated carbocycles. The third kappa shape index (κ3) is 4.11. The van der Waals surface area contributed by atoms with Crippen LogP contribution in [0.25, 0.3) is 17.2 Å². The van der Waals surface area contributed by atoms with Crippen molar-refractivity contribution >= 4 is 17.2 Å². The highest BCUT2D eigenvalue weighted by Crippen LogP contribution is 2.24. The van der Waals surface area contributed by atoms with Gasteiger partial charge >= 0.3 is 0 Å². The molecule has 0 aliphatic carbocycles. The highest BCUT2D eigenvalue weighted by atomic mass is 16.1. The Hall–Kier alpha value is -3.03. The van der Waals surface area contributed by atoms with Crippen molar-refractivity contribution in [2.75, 3.05) is 26.2 Å². The zero-order valence-electron chi connectivity index (χ0n) is 17.5. The minimum Gasteiger partial charge on any atom is -0.310 e. The Kier molecular flexibility index (Phi) is 5.53. The molecule has 4 heterocycles. The lowest BCUT2D eigenvalue weighted by Crippen LogP contribution is -2.44. The van der Waals surface area contributed by atoms with E-state index < -0.39 is 0 Å². The number of pyridine rings is 1.